The standard InChI is InChI=1S/C18H25ClN2O2/c1-3-6-17(22)21-10-5-4-7-16(21)18(23)20-12-14-11-15(19)9-8-13(14)2/h8-9,11,16H,3-7,10,12H2,1-2H3,(H,20,23)/t16-/m0/s1. The maximum Gasteiger partial charge on any atom is 0.243 e. The van der Waals surface area contributed by atoms with E-state index >= 15 is 0 Å². The highest BCUT2D eigenvalue weighted by Crippen LogP contribution is 2.19. The summed E-state index contributed by atoms with van der Waals surface area (Å²) in [6.45, 7) is 5.11. The molecule has 1 aliphatic rings. The van der Waals surface area contributed by atoms with Gasteiger partial charge in [-0.25, -0.2) is 0 Å². The molecule has 0 saturated carbocycles. The van der Waals surface area contributed by atoms with Gasteiger partial charge in [0.15, 0.2) is 0 Å². The van der Waals surface area contributed by atoms with Crippen LogP contribution in [0, 0.1) is 6.92 Å². The predicted octanol–water partition coefficient (Wildman–Crippen LogP) is 3.45. The summed E-state index contributed by atoms with van der Waals surface area (Å²) in [4.78, 5) is 26.5. The van der Waals surface area contributed by atoms with Gasteiger partial charge in [-0.05, 0) is 55.9 Å². The van der Waals surface area contributed by atoms with Crippen molar-refractivity contribution in [3.63, 3.8) is 0 Å². The van der Waals surface area contributed by atoms with Crippen molar-refractivity contribution in [1.82, 2.24) is 10.2 Å². The topological polar surface area (TPSA) is 49.4 Å². The first kappa shape index (κ1) is 17.8. The SMILES string of the molecule is CCCC(=O)N1CCCC[C@H]1C(=O)NCc1cc(Cl)ccc1C. The third-order valence-electron chi connectivity index (χ3n) is 4.35. The van der Waals surface area contributed by atoms with Crippen molar-refractivity contribution in [1.29, 1.82) is 0 Å². The Morgan fingerprint density at radius 3 is 2.87 bits per heavy atom. The summed E-state index contributed by atoms with van der Waals surface area (Å²) in [6, 6.07) is 5.33. The van der Waals surface area contributed by atoms with Gasteiger partial charge in [0.05, 0.1) is 0 Å². The van der Waals surface area contributed by atoms with E-state index in [1.54, 1.807) is 4.90 Å². The van der Waals surface area contributed by atoms with E-state index in [0.29, 0.717) is 24.5 Å². The molecule has 0 radical (unpaired) electrons. The van der Waals surface area contributed by atoms with Crippen LogP contribution in [-0.2, 0) is 16.1 Å². The maximum atomic E-state index is 12.5. The second kappa shape index (κ2) is 8.34. The zero-order chi connectivity index (χ0) is 16.8. The molecule has 126 valence electrons. The van der Waals surface area contributed by atoms with Gasteiger partial charge in [-0.15, -0.1) is 0 Å². The summed E-state index contributed by atoms with van der Waals surface area (Å²) in [5.74, 6) is 0.0276. The van der Waals surface area contributed by atoms with E-state index in [-0.39, 0.29) is 17.9 Å². The van der Waals surface area contributed by atoms with Gasteiger partial charge in [-0.1, -0.05) is 24.6 Å². The molecule has 0 unspecified atom stereocenters. The zero-order valence-corrected chi connectivity index (χ0v) is 14.7. The van der Waals surface area contributed by atoms with E-state index in [2.05, 4.69) is 5.32 Å². The van der Waals surface area contributed by atoms with Gasteiger partial charge >= 0.3 is 0 Å². The van der Waals surface area contributed by atoms with E-state index in [1.165, 1.54) is 0 Å². The van der Waals surface area contributed by atoms with E-state index in [1.807, 2.05) is 32.0 Å². The monoisotopic (exact) mass is 336 g/mol. The minimum absolute atomic E-state index is 0.0615. The van der Waals surface area contributed by atoms with Gasteiger partial charge in [0, 0.05) is 24.5 Å². The fraction of sp³-hybridized carbons (Fsp3) is 0.556. The van der Waals surface area contributed by atoms with Gasteiger partial charge in [-0.3, -0.25) is 9.59 Å². The van der Waals surface area contributed by atoms with Gasteiger partial charge < -0.3 is 10.2 Å². The summed E-state index contributed by atoms with van der Waals surface area (Å²) in [6.07, 6.45) is 4.04. The highest BCUT2D eigenvalue weighted by Gasteiger charge is 2.31. The Hall–Kier alpha value is -1.55. The molecule has 0 aliphatic carbocycles. The minimum atomic E-state index is -0.331. The van der Waals surface area contributed by atoms with Crippen LogP contribution in [0.4, 0.5) is 0 Å². The summed E-state index contributed by atoms with van der Waals surface area (Å²) in [7, 11) is 0. The van der Waals surface area contributed by atoms with Crippen LogP contribution in [0.25, 0.3) is 0 Å². The Bertz CT molecular complexity index is 574. The Balaban J connectivity index is 2.00. The number of rotatable bonds is 5. The molecule has 1 aliphatic heterocycles. The number of hydrogen-bond donors (Lipinski definition) is 1. The molecule has 2 rings (SSSR count). The number of nitrogens with zero attached hydrogens (tertiary/aromatic N) is 1. The number of halogens is 1. The van der Waals surface area contributed by atoms with E-state index < -0.39 is 0 Å². The van der Waals surface area contributed by atoms with Crippen molar-refractivity contribution >= 4 is 23.4 Å². The molecule has 0 bridgehead atoms. The molecular formula is C18H25ClN2O2. The van der Waals surface area contributed by atoms with Gasteiger partial charge in [0.2, 0.25) is 11.8 Å². The van der Waals surface area contributed by atoms with Gasteiger partial charge in [0.25, 0.3) is 0 Å². The van der Waals surface area contributed by atoms with Crippen LogP contribution in [0.2, 0.25) is 5.02 Å². The quantitative estimate of drug-likeness (QED) is 0.895. The van der Waals surface area contributed by atoms with Crippen molar-refractivity contribution in [2.24, 2.45) is 0 Å². The second-order valence-electron chi connectivity index (χ2n) is 6.14. The zero-order valence-electron chi connectivity index (χ0n) is 13.9. The molecule has 1 aromatic carbocycles. The number of carbonyl (C=O) groups is 2. The summed E-state index contributed by atoms with van der Waals surface area (Å²) >= 11 is 6.01. The molecule has 0 aromatic heterocycles. The second-order valence-corrected chi connectivity index (χ2v) is 6.57. The molecule has 0 spiro atoms. The summed E-state index contributed by atoms with van der Waals surface area (Å²) in [5, 5.41) is 3.64. The van der Waals surface area contributed by atoms with E-state index in [0.717, 1.165) is 36.8 Å². The number of aryl methyl sites for hydroxylation is 1. The number of nitrogens with one attached hydrogen (secondary N) is 1. The fourth-order valence-electron chi connectivity index (χ4n) is 2.99. The number of likely N-dealkylation sites (tertiary alicyclic amines) is 1. The molecule has 1 fully saturated rings. The van der Waals surface area contributed by atoms with E-state index in [9.17, 15) is 9.59 Å². The number of hydrogen-bond acceptors (Lipinski definition) is 2. The minimum Gasteiger partial charge on any atom is -0.350 e. The maximum absolute atomic E-state index is 12.5. The Morgan fingerprint density at radius 1 is 1.35 bits per heavy atom. The van der Waals surface area contributed by atoms with Crippen molar-refractivity contribution in [3.8, 4) is 0 Å². The van der Waals surface area contributed by atoms with Crippen LogP contribution in [0.3, 0.4) is 0 Å². The fourth-order valence-corrected chi connectivity index (χ4v) is 3.19. The molecule has 4 nitrogen and oxygen atoms in total. The first-order chi connectivity index (χ1) is 11.0. The third-order valence-corrected chi connectivity index (χ3v) is 4.59. The van der Waals surface area contributed by atoms with Crippen molar-refractivity contribution in [3.05, 3.63) is 34.3 Å². The van der Waals surface area contributed by atoms with Gasteiger partial charge in [0.1, 0.15) is 6.04 Å². The Morgan fingerprint density at radius 2 is 2.13 bits per heavy atom. The lowest BCUT2D eigenvalue weighted by Crippen LogP contribution is -2.51. The molecule has 1 N–H and O–H groups in total. The molecule has 1 heterocycles. The normalized spacial score (nSPS) is 17.9. The average Bonchev–Trinajstić information content (AvgIpc) is 2.55. The van der Waals surface area contributed by atoms with Crippen molar-refractivity contribution in [2.75, 3.05) is 6.54 Å². The first-order valence-electron chi connectivity index (χ1n) is 8.35. The Labute approximate surface area is 143 Å². The molecule has 1 aromatic rings. The molecule has 23 heavy (non-hydrogen) atoms. The third kappa shape index (κ3) is 4.71. The lowest BCUT2D eigenvalue weighted by molar-refractivity contribution is -0.142. The molecule has 1 atom stereocenters. The molecule has 1 saturated heterocycles. The number of amides is 2. The predicted molar refractivity (Wildman–Crippen MR) is 92.3 cm³/mol. The van der Waals surface area contributed by atoms with Gasteiger partial charge in [-0.2, -0.15) is 0 Å². The van der Waals surface area contributed by atoms with Crippen LogP contribution < -0.4 is 5.32 Å². The smallest absolute Gasteiger partial charge is 0.243 e. The summed E-state index contributed by atoms with van der Waals surface area (Å²) in [5.41, 5.74) is 2.10. The Kier molecular flexibility index (Phi) is 6.46. The number of benzene rings is 1. The highest BCUT2D eigenvalue weighted by atomic mass is 35.5. The van der Waals surface area contributed by atoms with Crippen molar-refractivity contribution < 1.29 is 9.59 Å². The number of piperidine rings is 1. The van der Waals surface area contributed by atoms with E-state index in [4.69, 9.17) is 11.6 Å². The van der Waals surface area contributed by atoms with Crippen LogP contribution in [0.1, 0.15) is 50.2 Å². The lowest BCUT2D eigenvalue weighted by atomic mass is 10.0. The van der Waals surface area contributed by atoms with Crippen LogP contribution >= 0.6 is 11.6 Å². The molecular weight excluding hydrogens is 312 g/mol. The van der Waals surface area contributed by atoms with Crippen LogP contribution in [0.15, 0.2) is 18.2 Å². The number of carbonyl (C=O) groups excluding carboxylic acids is 2. The van der Waals surface area contributed by atoms with Crippen LogP contribution in [0.5, 0.6) is 0 Å². The summed E-state index contributed by atoms with van der Waals surface area (Å²) < 4.78 is 0. The molecule has 2 amide bonds. The highest BCUT2D eigenvalue weighted by molar-refractivity contribution is 6.30. The largest absolute Gasteiger partial charge is 0.350 e. The van der Waals surface area contributed by atoms with Crippen molar-refractivity contribution in [2.45, 2.75) is 58.5 Å². The first-order valence-corrected chi connectivity index (χ1v) is 8.73. The molecule has 5 heteroatoms. The van der Waals surface area contributed by atoms with Crippen LogP contribution in [-0.4, -0.2) is 29.3 Å². The lowest BCUT2D eigenvalue weighted by Gasteiger charge is -2.34. The average molecular weight is 337 g/mol.